The van der Waals surface area contributed by atoms with Crippen molar-refractivity contribution in [3.8, 4) is 0 Å². The summed E-state index contributed by atoms with van der Waals surface area (Å²) in [5.41, 5.74) is 3.89. The largest absolute Gasteiger partial charge is 0.341 e. The van der Waals surface area contributed by atoms with Crippen LogP contribution in [0.2, 0.25) is 5.02 Å². The Hall–Kier alpha value is -2.69. The Labute approximate surface area is 200 Å². The number of likely N-dealkylation sites (tertiary alicyclic amines) is 1. The van der Waals surface area contributed by atoms with Crippen molar-refractivity contribution < 1.29 is 9.18 Å². The molecule has 1 amide bonds. The van der Waals surface area contributed by atoms with Crippen molar-refractivity contribution in [1.82, 2.24) is 9.80 Å². The number of halogens is 2. The molecule has 1 heterocycles. The van der Waals surface area contributed by atoms with Crippen molar-refractivity contribution in [2.24, 2.45) is 5.92 Å². The highest BCUT2D eigenvalue weighted by atomic mass is 35.5. The van der Waals surface area contributed by atoms with Gasteiger partial charge in [0.2, 0.25) is 5.91 Å². The van der Waals surface area contributed by atoms with E-state index in [1.54, 1.807) is 6.92 Å². The summed E-state index contributed by atoms with van der Waals surface area (Å²) in [6.45, 7) is 4.55. The van der Waals surface area contributed by atoms with E-state index >= 15 is 0 Å². The smallest absolute Gasteiger partial charge is 0.227 e. The summed E-state index contributed by atoms with van der Waals surface area (Å²) >= 11 is 6.43. The monoisotopic (exact) mass is 464 g/mol. The lowest BCUT2D eigenvalue weighted by Gasteiger charge is -2.39. The minimum atomic E-state index is -0.197. The van der Waals surface area contributed by atoms with Crippen LogP contribution in [0.1, 0.15) is 34.6 Å². The molecular weight excluding hydrogens is 435 g/mol. The normalized spacial score (nSPS) is 18.8. The van der Waals surface area contributed by atoms with Gasteiger partial charge in [0.1, 0.15) is 5.82 Å². The van der Waals surface area contributed by atoms with Gasteiger partial charge < -0.3 is 4.90 Å². The highest BCUT2D eigenvalue weighted by Gasteiger charge is 2.34. The van der Waals surface area contributed by atoms with Gasteiger partial charge in [-0.05, 0) is 53.6 Å². The summed E-state index contributed by atoms with van der Waals surface area (Å²) in [4.78, 5) is 17.6. The Balaban J connectivity index is 1.56. The molecule has 1 saturated heterocycles. The van der Waals surface area contributed by atoms with Crippen LogP contribution in [0.15, 0.2) is 72.8 Å². The first kappa shape index (κ1) is 23.5. The second-order valence-corrected chi connectivity index (χ2v) is 9.51. The van der Waals surface area contributed by atoms with E-state index in [9.17, 15) is 9.18 Å². The second-order valence-electron chi connectivity index (χ2n) is 9.10. The highest BCUT2D eigenvalue weighted by molar-refractivity contribution is 6.31. The maximum Gasteiger partial charge on any atom is 0.227 e. The molecule has 3 aromatic carbocycles. The Morgan fingerprint density at radius 1 is 1.06 bits per heavy atom. The number of carbonyl (C=O) groups excluding carboxylic acids is 1. The maximum absolute atomic E-state index is 13.9. The van der Waals surface area contributed by atoms with Crippen LogP contribution in [0.25, 0.3) is 0 Å². The molecule has 5 heteroatoms. The van der Waals surface area contributed by atoms with Crippen LogP contribution in [0.5, 0.6) is 0 Å². The van der Waals surface area contributed by atoms with E-state index in [0.717, 1.165) is 34.7 Å². The van der Waals surface area contributed by atoms with Crippen molar-refractivity contribution in [3.05, 3.63) is 106 Å². The van der Waals surface area contributed by atoms with Gasteiger partial charge in [0, 0.05) is 38.2 Å². The third kappa shape index (κ3) is 5.82. The van der Waals surface area contributed by atoms with Gasteiger partial charge in [-0.2, -0.15) is 0 Å². The van der Waals surface area contributed by atoms with Crippen LogP contribution in [0.4, 0.5) is 4.39 Å². The quantitative estimate of drug-likeness (QED) is 0.443. The first-order valence-corrected chi connectivity index (χ1v) is 11.8. The average molecular weight is 465 g/mol. The van der Waals surface area contributed by atoms with Gasteiger partial charge in [0.05, 0.1) is 5.92 Å². The number of rotatable bonds is 6. The molecule has 4 rings (SSSR count). The molecule has 1 aliphatic heterocycles. The molecule has 0 aliphatic carbocycles. The second kappa shape index (κ2) is 10.5. The van der Waals surface area contributed by atoms with Gasteiger partial charge in [-0.15, -0.1) is 0 Å². The summed E-state index contributed by atoms with van der Waals surface area (Å²) in [6.07, 6.45) is 0.752. The number of hydrogen-bond donors (Lipinski definition) is 0. The van der Waals surface area contributed by atoms with Gasteiger partial charge in [-0.3, -0.25) is 9.69 Å². The third-order valence-corrected chi connectivity index (χ3v) is 6.89. The van der Waals surface area contributed by atoms with E-state index in [0.29, 0.717) is 25.2 Å². The molecule has 0 aromatic heterocycles. The molecule has 0 spiro atoms. The molecule has 1 fully saturated rings. The van der Waals surface area contributed by atoms with Crippen LogP contribution < -0.4 is 0 Å². The number of hydrogen-bond acceptors (Lipinski definition) is 2. The molecule has 172 valence electrons. The number of nitrogens with zero attached hydrogens (tertiary/aromatic N) is 2. The predicted molar refractivity (Wildman–Crippen MR) is 132 cm³/mol. The molecule has 3 aromatic rings. The van der Waals surface area contributed by atoms with Gasteiger partial charge in [-0.1, -0.05) is 72.3 Å². The lowest BCUT2D eigenvalue weighted by molar-refractivity contribution is -0.137. The van der Waals surface area contributed by atoms with E-state index < -0.39 is 0 Å². The molecule has 0 bridgehead atoms. The average Bonchev–Trinajstić information content (AvgIpc) is 2.82. The molecule has 2 atom stereocenters. The number of aryl methyl sites for hydroxylation is 1. The summed E-state index contributed by atoms with van der Waals surface area (Å²) in [5.74, 6) is -0.0332. The first-order chi connectivity index (χ1) is 15.9. The zero-order valence-corrected chi connectivity index (χ0v) is 19.9. The van der Waals surface area contributed by atoms with Crippen molar-refractivity contribution in [2.75, 3.05) is 20.1 Å². The van der Waals surface area contributed by atoms with Crippen molar-refractivity contribution in [3.63, 3.8) is 0 Å². The van der Waals surface area contributed by atoms with Gasteiger partial charge in [0.25, 0.3) is 0 Å². The van der Waals surface area contributed by atoms with Crippen LogP contribution in [-0.4, -0.2) is 35.8 Å². The molecule has 0 radical (unpaired) electrons. The summed E-state index contributed by atoms with van der Waals surface area (Å²) in [5, 5.41) is 0.737. The van der Waals surface area contributed by atoms with E-state index in [2.05, 4.69) is 4.90 Å². The van der Waals surface area contributed by atoms with E-state index in [-0.39, 0.29) is 23.6 Å². The first-order valence-electron chi connectivity index (χ1n) is 11.4. The van der Waals surface area contributed by atoms with Gasteiger partial charge in [0.15, 0.2) is 0 Å². The van der Waals surface area contributed by atoms with Gasteiger partial charge >= 0.3 is 0 Å². The van der Waals surface area contributed by atoms with Crippen molar-refractivity contribution >= 4 is 17.5 Å². The fourth-order valence-corrected chi connectivity index (χ4v) is 4.97. The fourth-order valence-electron chi connectivity index (χ4n) is 4.78. The van der Waals surface area contributed by atoms with Crippen LogP contribution >= 0.6 is 11.6 Å². The molecule has 3 nitrogen and oxygen atoms in total. The Morgan fingerprint density at radius 3 is 2.52 bits per heavy atom. The van der Waals surface area contributed by atoms with Crippen LogP contribution in [0.3, 0.4) is 0 Å². The van der Waals surface area contributed by atoms with Crippen LogP contribution in [0, 0.1) is 18.7 Å². The SMILES string of the molecule is Cc1cc([C@H]2C[C@@H](C(=O)N(C)Cc3ccccc3)CN(Cc3ccccc3Cl)C2)ccc1F. The molecular formula is C28H30ClFN2O. The Kier molecular flexibility index (Phi) is 7.46. The molecule has 0 unspecified atom stereocenters. The number of piperidine rings is 1. The molecule has 1 aliphatic rings. The fraction of sp³-hybridized carbons (Fsp3) is 0.321. The summed E-state index contributed by atoms with van der Waals surface area (Å²) < 4.78 is 13.9. The van der Waals surface area contributed by atoms with Crippen molar-refractivity contribution in [2.45, 2.75) is 32.4 Å². The Bertz CT molecular complexity index is 1100. The lowest BCUT2D eigenvalue weighted by Crippen LogP contribution is -2.45. The molecule has 33 heavy (non-hydrogen) atoms. The number of carbonyl (C=O) groups is 1. The summed E-state index contributed by atoms with van der Waals surface area (Å²) in [6, 6.07) is 23.2. The standard InChI is InChI=1S/C28H30ClFN2O/c1-20-14-22(12-13-27(20)30)24-15-25(28(33)31(2)16-21-8-4-3-5-9-21)19-32(18-24)17-23-10-6-7-11-26(23)29/h3-14,24-25H,15-19H2,1-2H3/t24-,25+/m0/s1. The maximum atomic E-state index is 13.9. The zero-order chi connectivity index (χ0) is 23.4. The Morgan fingerprint density at radius 2 is 1.79 bits per heavy atom. The number of benzene rings is 3. The highest BCUT2D eigenvalue weighted by Crippen LogP contribution is 2.33. The lowest BCUT2D eigenvalue weighted by atomic mass is 9.83. The number of amides is 1. The zero-order valence-electron chi connectivity index (χ0n) is 19.2. The summed E-state index contributed by atoms with van der Waals surface area (Å²) in [7, 11) is 1.87. The third-order valence-electron chi connectivity index (χ3n) is 6.52. The minimum Gasteiger partial charge on any atom is -0.341 e. The van der Waals surface area contributed by atoms with Crippen LogP contribution in [-0.2, 0) is 17.9 Å². The van der Waals surface area contributed by atoms with E-state index in [4.69, 9.17) is 11.6 Å². The van der Waals surface area contributed by atoms with Gasteiger partial charge in [-0.25, -0.2) is 4.39 Å². The van der Waals surface area contributed by atoms with E-state index in [1.165, 1.54) is 6.07 Å². The molecule has 0 N–H and O–H groups in total. The topological polar surface area (TPSA) is 23.6 Å². The minimum absolute atomic E-state index is 0.134. The van der Waals surface area contributed by atoms with Crippen molar-refractivity contribution in [1.29, 1.82) is 0 Å². The predicted octanol–water partition coefficient (Wildman–Crippen LogP) is 6.05. The van der Waals surface area contributed by atoms with E-state index in [1.807, 2.05) is 78.7 Å². The molecule has 0 saturated carbocycles.